The van der Waals surface area contributed by atoms with E-state index in [-0.39, 0.29) is 19.8 Å². The van der Waals surface area contributed by atoms with Crippen molar-refractivity contribution in [2.75, 3.05) is 19.8 Å². The second-order valence-electron chi connectivity index (χ2n) is 6.31. The van der Waals surface area contributed by atoms with E-state index in [2.05, 4.69) is 5.32 Å². The number of esters is 5. The van der Waals surface area contributed by atoms with Gasteiger partial charge in [0, 0.05) is 27.7 Å². The van der Waals surface area contributed by atoms with Crippen LogP contribution in [-0.2, 0) is 52.4 Å². The van der Waals surface area contributed by atoms with Gasteiger partial charge in [0.15, 0.2) is 24.5 Å². The molecule has 5 atom stereocenters. The second kappa shape index (κ2) is 12.1. The van der Waals surface area contributed by atoms with Crippen LogP contribution in [0.1, 0.15) is 34.6 Å². The summed E-state index contributed by atoms with van der Waals surface area (Å²) in [6.45, 7) is 5.65. The molecule has 170 valence electrons. The van der Waals surface area contributed by atoms with Crippen molar-refractivity contribution in [3.05, 3.63) is 0 Å². The molecule has 0 aliphatic carbocycles. The van der Waals surface area contributed by atoms with Crippen molar-refractivity contribution < 1.29 is 52.4 Å². The molecular weight excluding hydrogens is 406 g/mol. The van der Waals surface area contributed by atoms with E-state index in [9.17, 15) is 24.0 Å². The van der Waals surface area contributed by atoms with Crippen LogP contribution in [-0.4, -0.2) is 80.2 Å². The van der Waals surface area contributed by atoms with Gasteiger partial charge in [0.1, 0.15) is 12.7 Å². The summed E-state index contributed by atoms with van der Waals surface area (Å²) in [5.41, 5.74) is 0. The number of rotatable bonds is 9. The highest BCUT2D eigenvalue weighted by molar-refractivity contribution is 5.71. The average molecular weight is 433 g/mol. The van der Waals surface area contributed by atoms with Crippen LogP contribution in [0.3, 0.4) is 0 Å². The number of hydrogen-bond acceptors (Lipinski definition) is 12. The summed E-state index contributed by atoms with van der Waals surface area (Å²) in [6.07, 6.45) is -6.09. The Hall–Kier alpha value is -2.73. The Balaban J connectivity index is 3.23. The van der Waals surface area contributed by atoms with Crippen molar-refractivity contribution in [3.8, 4) is 0 Å². The average Bonchev–Trinajstić information content (AvgIpc) is 2.61. The first-order valence-corrected chi connectivity index (χ1v) is 9.24. The standard InChI is InChI=1S/C18H27NO11/c1-6-25-14(24)7-19-18-17(29-12(5)23)16(28-11(4)22)15(27-10(3)21)13(30-18)8-26-9(2)20/h13,15-19H,6-8H2,1-5H3. The molecule has 1 aliphatic rings. The van der Waals surface area contributed by atoms with E-state index in [0.29, 0.717) is 0 Å². The van der Waals surface area contributed by atoms with E-state index in [1.807, 2.05) is 0 Å². The molecule has 30 heavy (non-hydrogen) atoms. The highest BCUT2D eigenvalue weighted by Crippen LogP contribution is 2.28. The zero-order valence-electron chi connectivity index (χ0n) is 17.5. The molecule has 12 heteroatoms. The molecule has 1 rings (SSSR count). The summed E-state index contributed by atoms with van der Waals surface area (Å²) < 4.78 is 31.3. The predicted molar refractivity (Wildman–Crippen MR) is 96.6 cm³/mol. The predicted octanol–water partition coefficient (Wildman–Crippen LogP) is -0.778. The van der Waals surface area contributed by atoms with E-state index < -0.39 is 60.5 Å². The molecule has 5 unspecified atom stereocenters. The van der Waals surface area contributed by atoms with E-state index in [1.54, 1.807) is 6.92 Å². The van der Waals surface area contributed by atoms with Crippen LogP contribution in [0.4, 0.5) is 0 Å². The Kier molecular flexibility index (Phi) is 10.2. The molecule has 1 saturated heterocycles. The fourth-order valence-electron chi connectivity index (χ4n) is 2.79. The maximum absolute atomic E-state index is 11.7. The molecule has 1 heterocycles. The summed E-state index contributed by atoms with van der Waals surface area (Å²) in [5, 5.41) is 2.71. The van der Waals surface area contributed by atoms with Crippen molar-refractivity contribution in [2.24, 2.45) is 0 Å². The van der Waals surface area contributed by atoms with E-state index in [1.165, 1.54) is 6.92 Å². The van der Waals surface area contributed by atoms with Crippen molar-refractivity contribution in [1.29, 1.82) is 0 Å². The molecule has 0 amide bonds. The highest BCUT2D eigenvalue weighted by atomic mass is 16.7. The molecule has 1 fully saturated rings. The molecule has 12 nitrogen and oxygen atoms in total. The minimum atomic E-state index is -1.30. The smallest absolute Gasteiger partial charge is 0.319 e. The van der Waals surface area contributed by atoms with E-state index in [0.717, 1.165) is 20.8 Å². The fraction of sp³-hybridized carbons (Fsp3) is 0.722. The largest absolute Gasteiger partial charge is 0.465 e. The van der Waals surface area contributed by atoms with Crippen molar-refractivity contribution in [1.82, 2.24) is 5.32 Å². The molecule has 0 saturated carbocycles. The van der Waals surface area contributed by atoms with Gasteiger partial charge in [-0.1, -0.05) is 0 Å². The third kappa shape index (κ3) is 8.33. The SMILES string of the molecule is CCOC(=O)CNC1OC(COC(C)=O)C(OC(C)=O)C(OC(C)=O)C1OC(C)=O. The number of ether oxygens (including phenoxy) is 6. The molecular formula is C18H27NO11. The maximum Gasteiger partial charge on any atom is 0.319 e. The third-order valence-corrected chi connectivity index (χ3v) is 3.74. The lowest BCUT2D eigenvalue weighted by Gasteiger charge is -2.44. The molecule has 0 radical (unpaired) electrons. The zero-order valence-corrected chi connectivity index (χ0v) is 17.5. The second-order valence-corrected chi connectivity index (χ2v) is 6.31. The van der Waals surface area contributed by atoms with Gasteiger partial charge in [-0.15, -0.1) is 0 Å². The van der Waals surface area contributed by atoms with Crippen LogP contribution in [0.2, 0.25) is 0 Å². The lowest BCUT2D eigenvalue weighted by molar-refractivity contribution is -0.257. The van der Waals surface area contributed by atoms with Crippen molar-refractivity contribution in [3.63, 3.8) is 0 Å². The summed E-state index contributed by atoms with van der Waals surface area (Å²) >= 11 is 0. The van der Waals surface area contributed by atoms with Gasteiger partial charge in [-0.25, -0.2) is 0 Å². The Morgan fingerprint density at radius 3 is 1.80 bits per heavy atom. The van der Waals surface area contributed by atoms with E-state index >= 15 is 0 Å². The number of nitrogens with one attached hydrogen (secondary N) is 1. The van der Waals surface area contributed by atoms with Gasteiger partial charge in [-0.05, 0) is 6.92 Å². The monoisotopic (exact) mass is 433 g/mol. The van der Waals surface area contributed by atoms with Crippen molar-refractivity contribution >= 4 is 29.8 Å². The third-order valence-electron chi connectivity index (χ3n) is 3.74. The molecule has 1 aliphatic heterocycles. The van der Waals surface area contributed by atoms with Crippen LogP contribution >= 0.6 is 0 Å². The van der Waals surface area contributed by atoms with Gasteiger partial charge in [0.05, 0.1) is 13.2 Å². The van der Waals surface area contributed by atoms with Gasteiger partial charge >= 0.3 is 29.8 Å². The Bertz CT molecular complexity index is 650. The maximum atomic E-state index is 11.7. The molecule has 1 N–H and O–H groups in total. The first-order chi connectivity index (χ1) is 14.0. The molecule has 0 bridgehead atoms. The summed E-state index contributed by atoms with van der Waals surface area (Å²) in [4.78, 5) is 57.9. The lowest BCUT2D eigenvalue weighted by atomic mass is 9.97. The number of carbonyl (C=O) groups is 5. The normalized spacial score (nSPS) is 25.6. The van der Waals surface area contributed by atoms with Gasteiger partial charge in [0.25, 0.3) is 0 Å². The van der Waals surface area contributed by atoms with Crippen molar-refractivity contribution in [2.45, 2.75) is 65.3 Å². The Morgan fingerprint density at radius 1 is 0.767 bits per heavy atom. The minimum absolute atomic E-state index is 0.152. The zero-order chi connectivity index (χ0) is 22.8. The van der Waals surface area contributed by atoms with Gasteiger partial charge < -0.3 is 28.4 Å². The van der Waals surface area contributed by atoms with Gasteiger partial charge in [-0.3, -0.25) is 29.3 Å². The van der Waals surface area contributed by atoms with Crippen LogP contribution in [0.5, 0.6) is 0 Å². The van der Waals surface area contributed by atoms with E-state index in [4.69, 9.17) is 28.4 Å². The van der Waals surface area contributed by atoms with Crippen LogP contribution in [0, 0.1) is 0 Å². The Labute approximate surface area is 173 Å². The molecule has 0 aromatic heterocycles. The quantitative estimate of drug-likeness (QED) is 0.358. The first-order valence-electron chi connectivity index (χ1n) is 9.24. The summed E-state index contributed by atoms with van der Waals surface area (Å²) in [5.74, 6) is -3.43. The lowest BCUT2D eigenvalue weighted by Crippen LogP contribution is -2.66. The summed E-state index contributed by atoms with van der Waals surface area (Å²) in [7, 11) is 0. The van der Waals surface area contributed by atoms with Crippen LogP contribution in [0.25, 0.3) is 0 Å². The van der Waals surface area contributed by atoms with Crippen LogP contribution in [0.15, 0.2) is 0 Å². The van der Waals surface area contributed by atoms with Gasteiger partial charge in [0.2, 0.25) is 0 Å². The fourth-order valence-corrected chi connectivity index (χ4v) is 2.79. The first kappa shape index (κ1) is 25.3. The summed E-state index contributed by atoms with van der Waals surface area (Å²) in [6, 6.07) is 0. The minimum Gasteiger partial charge on any atom is -0.465 e. The molecule has 0 aromatic rings. The molecule has 0 aromatic carbocycles. The topological polar surface area (TPSA) is 153 Å². The Morgan fingerprint density at radius 2 is 1.30 bits per heavy atom. The van der Waals surface area contributed by atoms with Gasteiger partial charge in [-0.2, -0.15) is 0 Å². The highest BCUT2D eigenvalue weighted by Gasteiger charge is 2.52. The number of carbonyl (C=O) groups excluding carboxylic acids is 5. The van der Waals surface area contributed by atoms with Crippen LogP contribution < -0.4 is 5.32 Å². The molecule has 0 spiro atoms. The number of hydrogen-bond donors (Lipinski definition) is 1.